The van der Waals surface area contributed by atoms with Gasteiger partial charge in [0.15, 0.2) is 0 Å². The summed E-state index contributed by atoms with van der Waals surface area (Å²) in [5.41, 5.74) is 6.43. The summed E-state index contributed by atoms with van der Waals surface area (Å²) < 4.78 is 0. The van der Waals surface area contributed by atoms with Gasteiger partial charge >= 0.3 is 0 Å². The van der Waals surface area contributed by atoms with E-state index in [2.05, 4.69) is 14.8 Å². The maximum Gasteiger partial charge on any atom is 0.139 e. The summed E-state index contributed by atoms with van der Waals surface area (Å²) in [6.07, 6.45) is 5.53. The zero-order chi connectivity index (χ0) is 13.2. The number of rotatable bonds is 2. The smallest absolute Gasteiger partial charge is 0.139 e. The molecular formula is C14H21N5. The van der Waals surface area contributed by atoms with Crippen LogP contribution < -0.4 is 10.6 Å². The van der Waals surface area contributed by atoms with Crippen LogP contribution in [0.3, 0.4) is 0 Å². The predicted octanol–water partition coefficient (Wildman–Crippen LogP) is 1.04. The molecule has 3 N–H and O–H groups in total. The lowest BCUT2D eigenvalue weighted by molar-refractivity contribution is 0.273. The number of fused-ring (bicyclic) bond motifs is 1. The van der Waals surface area contributed by atoms with E-state index in [4.69, 9.17) is 11.1 Å². The number of hydrogen-bond donors (Lipinski definition) is 2. The van der Waals surface area contributed by atoms with Crippen LogP contribution in [0.1, 0.15) is 24.8 Å². The van der Waals surface area contributed by atoms with E-state index in [1.165, 1.54) is 25.9 Å². The van der Waals surface area contributed by atoms with Crippen molar-refractivity contribution in [2.45, 2.75) is 25.3 Å². The second-order valence-electron chi connectivity index (χ2n) is 5.42. The Morgan fingerprint density at radius 3 is 3.00 bits per heavy atom. The molecule has 0 radical (unpaired) electrons. The molecule has 1 aromatic rings. The van der Waals surface area contributed by atoms with Crippen molar-refractivity contribution in [1.29, 1.82) is 5.41 Å². The first-order chi connectivity index (χ1) is 9.25. The molecule has 0 saturated carbocycles. The zero-order valence-electron chi connectivity index (χ0n) is 11.2. The number of aromatic nitrogens is 1. The van der Waals surface area contributed by atoms with Gasteiger partial charge in [-0.25, -0.2) is 4.98 Å². The highest BCUT2D eigenvalue weighted by molar-refractivity contribution is 5.99. The Balaban J connectivity index is 1.87. The molecule has 2 fully saturated rings. The lowest BCUT2D eigenvalue weighted by Crippen LogP contribution is -2.37. The van der Waals surface area contributed by atoms with Gasteiger partial charge in [-0.3, -0.25) is 10.3 Å². The van der Waals surface area contributed by atoms with E-state index >= 15 is 0 Å². The molecule has 2 aliphatic heterocycles. The summed E-state index contributed by atoms with van der Waals surface area (Å²) in [7, 11) is 0. The Labute approximate surface area is 113 Å². The molecule has 5 heteroatoms. The molecule has 2 aliphatic rings. The molecule has 0 aliphatic carbocycles. The summed E-state index contributed by atoms with van der Waals surface area (Å²) in [5, 5.41) is 7.70. The summed E-state index contributed by atoms with van der Waals surface area (Å²) >= 11 is 0. The molecule has 3 heterocycles. The van der Waals surface area contributed by atoms with Crippen LogP contribution in [0.4, 0.5) is 5.82 Å². The van der Waals surface area contributed by atoms with Gasteiger partial charge in [-0.15, -0.1) is 0 Å². The largest absolute Gasteiger partial charge is 0.384 e. The van der Waals surface area contributed by atoms with Crippen LogP contribution in [0.2, 0.25) is 0 Å². The van der Waals surface area contributed by atoms with E-state index in [0.29, 0.717) is 6.04 Å². The Bertz CT molecular complexity index is 473. The molecule has 5 nitrogen and oxygen atoms in total. The molecule has 3 rings (SSSR count). The van der Waals surface area contributed by atoms with E-state index in [1.54, 1.807) is 6.20 Å². The standard InChI is InChI=1S/C14H21N5/c15-13(16)12-5-1-6-17-14(12)19-9-3-8-18-7-2-4-11(18)10-19/h1,5-6,11H,2-4,7-10H2,(H3,15,16). The topological polar surface area (TPSA) is 69.2 Å². The van der Waals surface area contributed by atoms with E-state index < -0.39 is 0 Å². The number of nitrogens with two attached hydrogens (primary N) is 1. The molecule has 1 aromatic heterocycles. The van der Waals surface area contributed by atoms with E-state index in [-0.39, 0.29) is 5.84 Å². The van der Waals surface area contributed by atoms with Crippen molar-refractivity contribution in [1.82, 2.24) is 9.88 Å². The van der Waals surface area contributed by atoms with Crippen molar-refractivity contribution in [3.63, 3.8) is 0 Å². The molecule has 1 atom stereocenters. The number of amidine groups is 1. The van der Waals surface area contributed by atoms with Crippen LogP contribution in [0, 0.1) is 5.41 Å². The van der Waals surface area contributed by atoms with Crippen molar-refractivity contribution in [2.24, 2.45) is 5.73 Å². The number of anilines is 1. The highest BCUT2D eigenvalue weighted by atomic mass is 15.3. The average Bonchev–Trinajstić information content (AvgIpc) is 2.76. The average molecular weight is 259 g/mol. The Morgan fingerprint density at radius 1 is 1.32 bits per heavy atom. The first kappa shape index (κ1) is 12.4. The maximum absolute atomic E-state index is 7.70. The summed E-state index contributed by atoms with van der Waals surface area (Å²) in [6.45, 7) is 4.44. The Morgan fingerprint density at radius 2 is 2.16 bits per heavy atom. The van der Waals surface area contributed by atoms with Gasteiger partial charge in [0.1, 0.15) is 11.7 Å². The first-order valence-corrected chi connectivity index (χ1v) is 7.04. The summed E-state index contributed by atoms with van der Waals surface area (Å²) in [5.74, 6) is 0.986. The van der Waals surface area contributed by atoms with Crippen LogP contribution in [-0.2, 0) is 0 Å². The van der Waals surface area contributed by atoms with E-state index in [9.17, 15) is 0 Å². The third-order valence-electron chi connectivity index (χ3n) is 4.18. The minimum atomic E-state index is 0.107. The fraction of sp³-hybridized carbons (Fsp3) is 0.571. The number of nitrogens with one attached hydrogen (secondary N) is 1. The fourth-order valence-electron chi connectivity index (χ4n) is 3.26. The van der Waals surface area contributed by atoms with Crippen LogP contribution in [0.25, 0.3) is 0 Å². The fourth-order valence-corrected chi connectivity index (χ4v) is 3.26. The van der Waals surface area contributed by atoms with Crippen molar-refractivity contribution < 1.29 is 0 Å². The molecule has 0 bridgehead atoms. The quantitative estimate of drug-likeness (QED) is 0.615. The lowest BCUT2D eigenvalue weighted by atomic mass is 10.2. The van der Waals surface area contributed by atoms with Crippen LogP contribution in [0.5, 0.6) is 0 Å². The third kappa shape index (κ3) is 2.42. The van der Waals surface area contributed by atoms with E-state index in [1.807, 2.05) is 12.1 Å². The normalized spacial score (nSPS) is 24.0. The van der Waals surface area contributed by atoms with Gasteiger partial charge in [-0.1, -0.05) is 0 Å². The number of hydrogen-bond acceptors (Lipinski definition) is 4. The van der Waals surface area contributed by atoms with Gasteiger partial charge in [0, 0.05) is 31.9 Å². The summed E-state index contributed by atoms with van der Waals surface area (Å²) in [4.78, 5) is 9.37. The minimum Gasteiger partial charge on any atom is -0.384 e. The van der Waals surface area contributed by atoms with Gasteiger partial charge < -0.3 is 10.6 Å². The number of nitrogens with zero attached hydrogens (tertiary/aromatic N) is 3. The molecule has 0 spiro atoms. The highest BCUT2D eigenvalue weighted by Gasteiger charge is 2.29. The molecule has 102 valence electrons. The maximum atomic E-state index is 7.70. The van der Waals surface area contributed by atoms with Gasteiger partial charge in [0.25, 0.3) is 0 Å². The van der Waals surface area contributed by atoms with Crippen LogP contribution in [-0.4, -0.2) is 47.9 Å². The Kier molecular flexibility index (Phi) is 3.38. The molecule has 1 unspecified atom stereocenters. The summed E-state index contributed by atoms with van der Waals surface area (Å²) in [6, 6.07) is 4.38. The zero-order valence-corrected chi connectivity index (χ0v) is 11.2. The molecule has 0 aromatic carbocycles. The van der Waals surface area contributed by atoms with Gasteiger partial charge in [-0.2, -0.15) is 0 Å². The van der Waals surface area contributed by atoms with Crippen LogP contribution >= 0.6 is 0 Å². The SMILES string of the molecule is N=C(N)c1cccnc1N1CCCN2CCCC2C1. The minimum absolute atomic E-state index is 0.107. The molecular weight excluding hydrogens is 238 g/mol. The van der Waals surface area contributed by atoms with Gasteiger partial charge in [0.05, 0.1) is 5.56 Å². The number of pyridine rings is 1. The van der Waals surface area contributed by atoms with Crippen molar-refractivity contribution in [3.8, 4) is 0 Å². The first-order valence-electron chi connectivity index (χ1n) is 7.04. The van der Waals surface area contributed by atoms with Gasteiger partial charge in [-0.05, 0) is 37.9 Å². The van der Waals surface area contributed by atoms with Crippen molar-refractivity contribution >= 4 is 11.7 Å². The molecule has 19 heavy (non-hydrogen) atoms. The predicted molar refractivity (Wildman–Crippen MR) is 76.7 cm³/mol. The highest BCUT2D eigenvalue weighted by Crippen LogP contribution is 2.25. The monoisotopic (exact) mass is 259 g/mol. The van der Waals surface area contributed by atoms with Crippen LogP contribution in [0.15, 0.2) is 18.3 Å². The van der Waals surface area contributed by atoms with Crippen molar-refractivity contribution in [3.05, 3.63) is 23.9 Å². The second kappa shape index (κ2) is 5.17. The van der Waals surface area contributed by atoms with Gasteiger partial charge in [0.2, 0.25) is 0 Å². The van der Waals surface area contributed by atoms with Crippen molar-refractivity contribution in [2.75, 3.05) is 31.1 Å². The second-order valence-corrected chi connectivity index (χ2v) is 5.42. The van der Waals surface area contributed by atoms with E-state index in [0.717, 1.165) is 30.9 Å². The molecule has 2 saturated heterocycles. The number of nitrogen functional groups attached to an aromatic ring is 1. The Hall–Kier alpha value is -1.62. The third-order valence-corrected chi connectivity index (χ3v) is 4.18. The lowest BCUT2D eigenvalue weighted by Gasteiger charge is -2.27. The molecule has 0 amide bonds.